The van der Waals surface area contributed by atoms with Gasteiger partial charge in [0.1, 0.15) is 10.7 Å². The molecule has 0 atom stereocenters. The van der Waals surface area contributed by atoms with Gasteiger partial charge in [-0.15, -0.1) is 0 Å². The van der Waals surface area contributed by atoms with Crippen LogP contribution in [0.25, 0.3) is 11.1 Å². The maximum atomic E-state index is 14.1. The first-order valence-electron chi connectivity index (χ1n) is 8.47. The summed E-state index contributed by atoms with van der Waals surface area (Å²) in [5.74, 6) is -0.250. The minimum absolute atomic E-state index is 0.0409. The second kappa shape index (κ2) is 6.56. The van der Waals surface area contributed by atoms with E-state index in [0.29, 0.717) is 11.5 Å². The van der Waals surface area contributed by atoms with E-state index in [2.05, 4.69) is 9.71 Å². The summed E-state index contributed by atoms with van der Waals surface area (Å²) < 4.78 is 42.0. The van der Waals surface area contributed by atoms with Crippen LogP contribution in [0, 0.1) is 17.1 Å². The van der Waals surface area contributed by atoms with Crippen molar-refractivity contribution in [3.8, 4) is 17.2 Å². The fraction of sp³-hybridized carbons (Fsp3) is 0.150. The van der Waals surface area contributed by atoms with E-state index in [1.54, 1.807) is 6.20 Å². The lowest BCUT2D eigenvalue weighted by atomic mass is 10.0. The number of benzene rings is 2. The van der Waals surface area contributed by atoms with E-state index in [1.807, 2.05) is 30.3 Å². The molecule has 136 valence electrons. The summed E-state index contributed by atoms with van der Waals surface area (Å²) in [7, 11) is -4.01. The fourth-order valence-corrected chi connectivity index (χ4v) is 4.30. The zero-order valence-corrected chi connectivity index (χ0v) is 15.1. The molecule has 1 fully saturated rings. The molecule has 2 N–H and O–H groups in total. The molecule has 2 aromatic carbocycles. The van der Waals surface area contributed by atoms with Crippen LogP contribution in [0.2, 0.25) is 0 Å². The van der Waals surface area contributed by atoms with E-state index in [0.717, 1.165) is 24.5 Å². The molecule has 0 aliphatic heterocycles. The van der Waals surface area contributed by atoms with E-state index in [4.69, 9.17) is 5.26 Å². The van der Waals surface area contributed by atoms with Gasteiger partial charge in [-0.1, -0.05) is 24.3 Å². The number of sulfonamides is 1. The summed E-state index contributed by atoms with van der Waals surface area (Å²) in [6, 6.07) is 13.2. The SMILES string of the molecule is N#Cc1ccc(NS(=O)(=O)c2c[nH]cc2-c2cccc(C3CC3)c2)c(F)c1. The lowest BCUT2D eigenvalue weighted by molar-refractivity contribution is 0.599. The van der Waals surface area contributed by atoms with Gasteiger partial charge < -0.3 is 4.98 Å². The van der Waals surface area contributed by atoms with Crippen LogP contribution in [0.1, 0.15) is 29.9 Å². The van der Waals surface area contributed by atoms with Crippen molar-refractivity contribution in [2.24, 2.45) is 0 Å². The number of aromatic nitrogens is 1. The number of hydrogen-bond acceptors (Lipinski definition) is 3. The van der Waals surface area contributed by atoms with Gasteiger partial charge in [0.05, 0.1) is 17.3 Å². The maximum absolute atomic E-state index is 14.1. The van der Waals surface area contributed by atoms with Crippen molar-refractivity contribution in [3.63, 3.8) is 0 Å². The molecule has 0 unspecified atom stereocenters. The van der Waals surface area contributed by atoms with Gasteiger partial charge in [0.25, 0.3) is 10.0 Å². The molecule has 7 heteroatoms. The molecule has 27 heavy (non-hydrogen) atoms. The Hall–Kier alpha value is -3.11. The van der Waals surface area contributed by atoms with Gasteiger partial charge in [-0.2, -0.15) is 5.26 Å². The van der Waals surface area contributed by atoms with E-state index < -0.39 is 15.8 Å². The molecule has 1 aromatic heterocycles. The predicted molar refractivity (Wildman–Crippen MR) is 100 cm³/mol. The maximum Gasteiger partial charge on any atom is 0.264 e. The quantitative estimate of drug-likeness (QED) is 0.688. The van der Waals surface area contributed by atoms with Crippen molar-refractivity contribution < 1.29 is 12.8 Å². The fourth-order valence-electron chi connectivity index (χ4n) is 3.04. The molecular weight excluding hydrogens is 365 g/mol. The second-order valence-electron chi connectivity index (χ2n) is 6.54. The van der Waals surface area contributed by atoms with Gasteiger partial charge in [-0.05, 0) is 48.1 Å². The topological polar surface area (TPSA) is 85.8 Å². The number of hydrogen-bond donors (Lipinski definition) is 2. The normalized spacial score (nSPS) is 13.9. The third-order valence-electron chi connectivity index (χ3n) is 4.59. The van der Waals surface area contributed by atoms with Crippen molar-refractivity contribution in [3.05, 3.63) is 71.8 Å². The van der Waals surface area contributed by atoms with Crippen molar-refractivity contribution in [1.82, 2.24) is 4.98 Å². The first-order valence-corrected chi connectivity index (χ1v) is 9.96. The highest BCUT2D eigenvalue weighted by Gasteiger charge is 2.25. The van der Waals surface area contributed by atoms with E-state index in [1.165, 1.54) is 23.9 Å². The highest BCUT2D eigenvalue weighted by Crippen LogP contribution is 2.41. The smallest absolute Gasteiger partial charge is 0.264 e. The van der Waals surface area contributed by atoms with Gasteiger partial charge in [0, 0.05) is 18.0 Å². The Morgan fingerprint density at radius 2 is 1.96 bits per heavy atom. The molecule has 3 aromatic rings. The highest BCUT2D eigenvalue weighted by atomic mass is 32.2. The predicted octanol–water partition coefficient (Wildman–Crippen LogP) is 4.37. The summed E-state index contributed by atoms with van der Waals surface area (Å²) >= 11 is 0. The average molecular weight is 381 g/mol. The number of nitrogens with zero attached hydrogens (tertiary/aromatic N) is 1. The molecule has 5 nitrogen and oxygen atoms in total. The molecule has 0 bridgehead atoms. The molecule has 0 spiro atoms. The summed E-state index contributed by atoms with van der Waals surface area (Å²) in [6.45, 7) is 0. The van der Waals surface area contributed by atoms with Crippen molar-refractivity contribution >= 4 is 15.7 Å². The van der Waals surface area contributed by atoms with E-state index in [9.17, 15) is 12.8 Å². The monoisotopic (exact) mass is 381 g/mol. The minimum Gasteiger partial charge on any atom is -0.366 e. The number of halogens is 1. The van der Waals surface area contributed by atoms with E-state index in [-0.39, 0.29) is 16.1 Å². The second-order valence-corrected chi connectivity index (χ2v) is 8.20. The summed E-state index contributed by atoms with van der Waals surface area (Å²) in [4.78, 5) is 2.87. The molecule has 0 amide bonds. The summed E-state index contributed by atoms with van der Waals surface area (Å²) in [6.07, 6.45) is 5.31. The molecule has 0 saturated heterocycles. The van der Waals surface area contributed by atoms with E-state index >= 15 is 0 Å². The zero-order valence-electron chi connectivity index (χ0n) is 14.2. The Bertz CT molecular complexity index is 1160. The number of H-pyrrole nitrogens is 1. The van der Waals surface area contributed by atoms with Crippen molar-refractivity contribution in [1.29, 1.82) is 5.26 Å². The van der Waals surface area contributed by atoms with Crippen LogP contribution in [0.5, 0.6) is 0 Å². The number of nitriles is 1. The Morgan fingerprint density at radius 1 is 1.15 bits per heavy atom. The molecule has 1 heterocycles. The number of aromatic amines is 1. The van der Waals surface area contributed by atoms with Crippen LogP contribution >= 0.6 is 0 Å². The number of anilines is 1. The van der Waals surface area contributed by atoms with Gasteiger partial charge in [0.15, 0.2) is 0 Å². The largest absolute Gasteiger partial charge is 0.366 e. The van der Waals surface area contributed by atoms with Crippen LogP contribution in [0.3, 0.4) is 0 Å². The van der Waals surface area contributed by atoms with Crippen LogP contribution < -0.4 is 4.72 Å². The van der Waals surface area contributed by atoms with Crippen LogP contribution in [-0.4, -0.2) is 13.4 Å². The van der Waals surface area contributed by atoms with Gasteiger partial charge in [0.2, 0.25) is 0 Å². The Labute approximate surface area is 156 Å². The number of nitrogens with one attached hydrogen (secondary N) is 2. The molecule has 1 aliphatic rings. The first kappa shape index (κ1) is 17.3. The highest BCUT2D eigenvalue weighted by molar-refractivity contribution is 7.92. The average Bonchev–Trinajstić information content (AvgIpc) is 3.39. The van der Waals surface area contributed by atoms with Crippen LogP contribution in [0.4, 0.5) is 10.1 Å². The van der Waals surface area contributed by atoms with Crippen molar-refractivity contribution in [2.45, 2.75) is 23.7 Å². The lowest BCUT2D eigenvalue weighted by Crippen LogP contribution is -2.14. The Kier molecular flexibility index (Phi) is 4.21. The van der Waals surface area contributed by atoms with Gasteiger partial charge >= 0.3 is 0 Å². The van der Waals surface area contributed by atoms with Crippen LogP contribution in [0.15, 0.2) is 59.8 Å². The molecule has 1 saturated carbocycles. The van der Waals surface area contributed by atoms with Crippen LogP contribution in [-0.2, 0) is 10.0 Å². The standard InChI is InChI=1S/C20H16FN3O2S/c21-18-8-13(10-22)4-7-19(18)24-27(25,26)20-12-23-11-17(20)16-3-1-2-15(9-16)14-5-6-14/h1-4,7-9,11-12,14,23-24H,5-6H2. The third kappa shape index (κ3) is 3.44. The Morgan fingerprint density at radius 3 is 2.67 bits per heavy atom. The molecular formula is C20H16FN3O2S. The summed E-state index contributed by atoms with van der Waals surface area (Å²) in [5.41, 5.74) is 2.44. The third-order valence-corrected chi connectivity index (χ3v) is 5.99. The Balaban J connectivity index is 1.69. The van der Waals surface area contributed by atoms with Gasteiger partial charge in [-0.25, -0.2) is 12.8 Å². The first-order chi connectivity index (χ1) is 13.0. The zero-order chi connectivity index (χ0) is 19.0. The molecule has 4 rings (SSSR count). The molecule has 0 radical (unpaired) electrons. The number of rotatable bonds is 5. The molecule has 1 aliphatic carbocycles. The lowest BCUT2D eigenvalue weighted by Gasteiger charge is -2.10. The summed E-state index contributed by atoms with van der Waals surface area (Å²) in [5, 5.41) is 8.80. The van der Waals surface area contributed by atoms with Crippen molar-refractivity contribution in [2.75, 3.05) is 4.72 Å². The minimum atomic E-state index is -4.01. The van der Waals surface area contributed by atoms with Gasteiger partial charge in [-0.3, -0.25) is 4.72 Å².